The Hall–Kier alpha value is -1.03. The highest BCUT2D eigenvalue weighted by atomic mass is 127. The molecule has 2 heteroatoms. The van der Waals surface area contributed by atoms with Crippen LogP contribution < -0.4 is 5.32 Å². The monoisotopic (exact) mass is 323 g/mol. The minimum atomic E-state index is 0.877. The van der Waals surface area contributed by atoms with Gasteiger partial charge in [-0.1, -0.05) is 30.3 Å². The van der Waals surface area contributed by atoms with Crippen molar-refractivity contribution in [3.8, 4) is 0 Å². The van der Waals surface area contributed by atoms with E-state index in [4.69, 9.17) is 0 Å². The first-order valence-electron chi connectivity index (χ1n) is 5.29. The third-order valence-corrected chi connectivity index (χ3v) is 3.19. The zero-order valence-electron chi connectivity index (χ0n) is 9.20. The first-order valence-corrected chi connectivity index (χ1v) is 6.37. The molecule has 16 heavy (non-hydrogen) atoms. The molecule has 0 unspecified atom stereocenters. The zero-order chi connectivity index (χ0) is 11.4. The second-order valence-electron chi connectivity index (χ2n) is 3.80. The van der Waals surface area contributed by atoms with Crippen LogP contribution in [0.2, 0.25) is 0 Å². The maximum absolute atomic E-state index is 3.45. The van der Waals surface area contributed by atoms with Crippen LogP contribution in [0.5, 0.6) is 0 Å². The molecule has 1 nitrogen and oxygen atoms in total. The quantitative estimate of drug-likeness (QED) is 0.834. The highest BCUT2D eigenvalue weighted by Crippen LogP contribution is 2.15. The lowest BCUT2D eigenvalue weighted by atomic mass is 10.2. The number of hydrogen-bond donors (Lipinski definition) is 1. The largest absolute Gasteiger partial charge is 0.381 e. The summed E-state index contributed by atoms with van der Waals surface area (Å²) in [6.45, 7) is 3.00. The molecule has 0 atom stereocenters. The second-order valence-corrected chi connectivity index (χ2v) is 5.04. The lowest BCUT2D eigenvalue weighted by Gasteiger charge is -2.09. The maximum atomic E-state index is 3.45. The van der Waals surface area contributed by atoms with Gasteiger partial charge in [-0.25, -0.2) is 0 Å². The Morgan fingerprint density at radius 1 is 1.06 bits per heavy atom. The Bertz CT molecular complexity index is 480. The van der Waals surface area contributed by atoms with Gasteiger partial charge in [-0.15, -0.1) is 0 Å². The average Bonchev–Trinajstić information content (AvgIpc) is 2.28. The van der Waals surface area contributed by atoms with Gasteiger partial charge in [0.1, 0.15) is 0 Å². The summed E-state index contributed by atoms with van der Waals surface area (Å²) in [5.41, 5.74) is 3.81. The van der Waals surface area contributed by atoms with Crippen molar-refractivity contribution in [1.82, 2.24) is 0 Å². The lowest BCUT2D eigenvalue weighted by Crippen LogP contribution is -2.00. The summed E-state index contributed by atoms with van der Waals surface area (Å²) in [6, 6.07) is 16.9. The summed E-state index contributed by atoms with van der Waals surface area (Å²) in [6.07, 6.45) is 0. The molecule has 0 aliphatic carbocycles. The predicted molar refractivity (Wildman–Crippen MR) is 77.7 cm³/mol. The molecule has 0 radical (unpaired) electrons. The summed E-state index contributed by atoms with van der Waals surface area (Å²) in [7, 11) is 0. The van der Waals surface area contributed by atoms with E-state index in [9.17, 15) is 0 Å². The van der Waals surface area contributed by atoms with Crippen molar-refractivity contribution < 1.29 is 0 Å². The highest BCUT2D eigenvalue weighted by molar-refractivity contribution is 14.1. The number of aryl methyl sites for hydroxylation is 1. The van der Waals surface area contributed by atoms with Crippen LogP contribution in [0.1, 0.15) is 11.1 Å². The van der Waals surface area contributed by atoms with Crippen molar-refractivity contribution >= 4 is 28.3 Å². The van der Waals surface area contributed by atoms with E-state index >= 15 is 0 Å². The van der Waals surface area contributed by atoms with Gasteiger partial charge in [0.25, 0.3) is 0 Å². The van der Waals surface area contributed by atoms with E-state index in [2.05, 4.69) is 83.4 Å². The molecule has 0 amide bonds. The molecule has 2 rings (SSSR count). The van der Waals surface area contributed by atoms with Crippen LogP contribution in [-0.2, 0) is 6.54 Å². The van der Waals surface area contributed by atoms with E-state index < -0.39 is 0 Å². The van der Waals surface area contributed by atoms with E-state index in [1.54, 1.807) is 0 Å². The third-order valence-electron chi connectivity index (χ3n) is 2.52. The summed E-state index contributed by atoms with van der Waals surface area (Å²) >= 11 is 2.34. The van der Waals surface area contributed by atoms with Gasteiger partial charge in [0.2, 0.25) is 0 Å². The topological polar surface area (TPSA) is 12.0 Å². The van der Waals surface area contributed by atoms with Crippen molar-refractivity contribution in [3.05, 3.63) is 63.2 Å². The smallest absolute Gasteiger partial charge is 0.0401 e. The lowest BCUT2D eigenvalue weighted by molar-refractivity contribution is 1.14. The van der Waals surface area contributed by atoms with Gasteiger partial charge >= 0.3 is 0 Å². The van der Waals surface area contributed by atoms with Gasteiger partial charge < -0.3 is 5.32 Å². The maximum Gasteiger partial charge on any atom is 0.0401 e. The summed E-state index contributed by atoms with van der Waals surface area (Å²) in [4.78, 5) is 0. The fourth-order valence-corrected chi connectivity index (χ4v) is 2.22. The van der Waals surface area contributed by atoms with Crippen molar-refractivity contribution in [2.75, 3.05) is 5.32 Å². The van der Waals surface area contributed by atoms with Gasteiger partial charge in [0, 0.05) is 15.8 Å². The molecular formula is C14H14IN. The molecule has 0 aliphatic heterocycles. The van der Waals surface area contributed by atoms with Crippen molar-refractivity contribution in [2.45, 2.75) is 13.5 Å². The molecule has 1 N–H and O–H groups in total. The minimum absolute atomic E-state index is 0.877. The number of nitrogens with one attached hydrogen (secondary N) is 1. The Balaban J connectivity index is 2.05. The second kappa shape index (κ2) is 5.34. The van der Waals surface area contributed by atoms with Crippen LogP contribution in [0, 0.1) is 10.5 Å². The fraction of sp³-hybridized carbons (Fsp3) is 0.143. The molecule has 82 valence electrons. The van der Waals surface area contributed by atoms with Gasteiger partial charge in [-0.05, 0) is 58.8 Å². The normalized spacial score (nSPS) is 10.1. The molecule has 0 bridgehead atoms. The van der Waals surface area contributed by atoms with E-state index in [1.807, 2.05) is 0 Å². The molecule has 0 fully saturated rings. The fourth-order valence-electron chi connectivity index (χ4n) is 1.62. The third kappa shape index (κ3) is 2.98. The molecule has 0 aromatic heterocycles. The van der Waals surface area contributed by atoms with Gasteiger partial charge in [-0.2, -0.15) is 0 Å². The SMILES string of the molecule is Cc1ccccc1NCc1cccc(I)c1. The number of halogens is 1. The zero-order valence-corrected chi connectivity index (χ0v) is 11.4. The van der Waals surface area contributed by atoms with Crippen LogP contribution in [0.4, 0.5) is 5.69 Å². The van der Waals surface area contributed by atoms with Crippen LogP contribution in [0.15, 0.2) is 48.5 Å². The van der Waals surface area contributed by atoms with Gasteiger partial charge in [0.15, 0.2) is 0 Å². The number of rotatable bonds is 3. The number of hydrogen-bond acceptors (Lipinski definition) is 1. The predicted octanol–water partition coefficient (Wildman–Crippen LogP) is 4.21. The molecular weight excluding hydrogens is 309 g/mol. The van der Waals surface area contributed by atoms with Crippen LogP contribution in [0.3, 0.4) is 0 Å². The average molecular weight is 323 g/mol. The van der Waals surface area contributed by atoms with Gasteiger partial charge in [0.05, 0.1) is 0 Å². The van der Waals surface area contributed by atoms with E-state index in [1.165, 1.54) is 20.4 Å². The molecule has 0 heterocycles. The van der Waals surface area contributed by atoms with Gasteiger partial charge in [-0.3, -0.25) is 0 Å². The van der Waals surface area contributed by atoms with Crippen LogP contribution >= 0.6 is 22.6 Å². The summed E-state index contributed by atoms with van der Waals surface area (Å²) in [5, 5.41) is 3.45. The number of para-hydroxylation sites is 1. The van der Waals surface area contributed by atoms with Crippen molar-refractivity contribution in [2.24, 2.45) is 0 Å². The van der Waals surface area contributed by atoms with Crippen molar-refractivity contribution in [1.29, 1.82) is 0 Å². The van der Waals surface area contributed by atoms with E-state index in [-0.39, 0.29) is 0 Å². The molecule has 2 aromatic rings. The Labute approximate surface area is 110 Å². The minimum Gasteiger partial charge on any atom is -0.381 e. The number of benzene rings is 2. The summed E-state index contributed by atoms with van der Waals surface area (Å²) in [5.74, 6) is 0. The van der Waals surface area contributed by atoms with Crippen LogP contribution in [-0.4, -0.2) is 0 Å². The van der Waals surface area contributed by atoms with E-state index in [0.717, 1.165) is 6.54 Å². The Kier molecular flexibility index (Phi) is 3.83. The molecule has 0 spiro atoms. The summed E-state index contributed by atoms with van der Waals surface area (Å²) < 4.78 is 1.28. The Morgan fingerprint density at radius 2 is 1.88 bits per heavy atom. The molecule has 0 aliphatic rings. The molecule has 2 aromatic carbocycles. The van der Waals surface area contributed by atoms with Crippen molar-refractivity contribution in [3.63, 3.8) is 0 Å². The molecule has 0 saturated carbocycles. The first-order chi connectivity index (χ1) is 7.75. The Morgan fingerprint density at radius 3 is 2.62 bits per heavy atom. The van der Waals surface area contributed by atoms with E-state index in [0.29, 0.717) is 0 Å². The standard InChI is InChI=1S/C14H14IN/c1-11-5-2-3-8-14(11)16-10-12-6-4-7-13(15)9-12/h2-9,16H,10H2,1H3. The first kappa shape index (κ1) is 11.5. The highest BCUT2D eigenvalue weighted by Gasteiger charge is 1.97. The molecule has 0 saturated heterocycles. The van der Waals surface area contributed by atoms with Crippen LogP contribution in [0.25, 0.3) is 0 Å². The number of anilines is 1.